The molecule has 0 unspecified atom stereocenters. The monoisotopic (exact) mass is 338 g/mol. The van der Waals surface area contributed by atoms with Crippen molar-refractivity contribution in [3.63, 3.8) is 0 Å². The summed E-state index contributed by atoms with van der Waals surface area (Å²) in [6.07, 6.45) is 2.18. The minimum absolute atomic E-state index is 0.147. The molecule has 2 aliphatic heterocycles. The second-order valence-electron chi connectivity index (χ2n) is 6.41. The Morgan fingerprint density at radius 2 is 1.84 bits per heavy atom. The predicted molar refractivity (Wildman–Crippen MR) is 94.4 cm³/mol. The number of benzene rings is 2. The molecule has 5 heteroatoms. The Morgan fingerprint density at radius 1 is 1.04 bits per heavy atom. The zero-order valence-corrected chi connectivity index (χ0v) is 14.1. The Bertz CT molecular complexity index is 742. The SMILES string of the molecule is O=C([C@@H](NCc1cccc2c1OCO2)c1ccccc1)N1CCCC1. The Morgan fingerprint density at radius 3 is 2.64 bits per heavy atom. The molecular formula is C20H22N2O3. The molecular weight excluding hydrogens is 316 g/mol. The van der Waals surface area contributed by atoms with Crippen molar-refractivity contribution in [2.24, 2.45) is 0 Å². The van der Waals surface area contributed by atoms with Gasteiger partial charge in [-0.25, -0.2) is 0 Å². The smallest absolute Gasteiger partial charge is 0.244 e. The second kappa shape index (κ2) is 7.15. The van der Waals surface area contributed by atoms with Gasteiger partial charge in [-0.2, -0.15) is 0 Å². The Labute approximate surface area is 147 Å². The number of nitrogens with one attached hydrogen (secondary N) is 1. The predicted octanol–water partition coefficient (Wildman–Crippen LogP) is 2.87. The van der Waals surface area contributed by atoms with Crippen molar-refractivity contribution in [3.8, 4) is 11.5 Å². The molecule has 1 saturated heterocycles. The van der Waals surface area contributed by atoms with Crippen LogP contribution in [0.25, 0.3) is 0 Å². The summed E-state index contributed by atoms with van der Waals surface area (Å²) >= 11 is 0. The fourth-order valence-corrected chi connectivity index (χ4v) is 3.46. The minimum atomic E-state index is -0.350. The lowest BCUT2D eigenvalue weighted by molar-refractivity contribution is -0.132. The maximum Gasteiger partial charge on any atom is 0.244 e. The van der Waals surface area contributed by atoms with Crippen molar-refractivity contribution in [3.05, 3.63) is 59.7 Å². The van der Waals surface area contributed by atoms with Gasteiger partial charge in [0.05, 0.1) is 0 Å². The Kier molecular flexibility index (Phi) is 4.57. The van der Waals surface area contributed by atoms with Gasteiger partial charge in [0.15, 0.2) is 11.5 Å². The number of hydrogen-bond donors (Lipinski definition) is 1. The average molecular weight is 338 g/mol. The van der Waals surface area contributed by atoms with Gasteiger partial charge in [-0.3, -0.25) is 10.1 Å². The Balaban J connectivity index is 1.54. The van der Waals surface area contributed by atoms with E-state index >= 15 is 0 Å². The van der Waals surface area contributed by atoms with Crippen molar-refractivity contribution in [2.45, 2.75) is 25.4 Å². The lowest BCUT2D eigenvalue weighted by atomic mass is 10.0. The molecule has 2 aliphatic rings. The fourth-order valence-electron chi connectivity index (χ4n) is 3.46. The van der Waals surface area contributed by atoms with Crippen LogP contribution in [0.4, 0.5) is 0 Å². The first-order chi connectivity index (χ1) is 12.3. The summed E-state index contributed by atoms with van der Waals surface area (Å²) in [5.74, 6) is 1.69. The minimum Gasteiger partial charge on any atom is -0.454 e. The van der Waals surface area contributed by atoms with Crippen LogP contribution >= 0.6 is 0 Å². The molecule has 1 atom stereocenters. The number of para-hydroxylation sites is 1. The van der Waals surface area contributed by atoms with E-state index in [1.807, 2.05) is 53.4 Å². The van der Waals surface area contributed by atoms with Crippen LogP contribution in [0.3, 0.4) is 0 Å². The molecule has 0 spiro atoms. The molecule has 0 radical (unpaired) electrons. The number of likely N-dealkylation sites (tertiary alicyclic amines) is 1. The van der Waals surface area contributed by atoms with Crippen LogP contribution in [0, 0.1) is 0 Å². The molecule has 0 aromatic heterocycles. The molecule has 0 saturated carbocycles. The standard InChI is InChI=1S/C20H22N2O3/c23-20(22-11-4-5-12-22)18(15-7-2-1-3-8-15)21-13-16-9-6-10-17-19(16)25-14-24-17/h1-3,6-10,18,21H,4-5,11-14H2/t18-/m0/s1. The molecule has 25 heavy (non-hydrogen) atoms. The summed E-state index contributed by atoms with van der Waals surface area (Å²) in [6.45, 7) is 2.50. The van der Waals surface area contributed by atoms with Crippen LogP contribution in [0.15, 0.2) is 48.5 Å². The number of amides is 1. The topological polar surface area (TPSA) is 50.8 Å². The highest BCUT2D eigenvalue weighted by Crippen LogP contribution is 2.35. The highest BCUT2D eigenvalue weighted by atomic mass is 16.7. The molecule has 1 fully saturated rings. The third-order valence-electron chi connectivity index (χ3n) is 4.77. The van der Waals surface area contributed by atoms with E-state index in [-0.39, 0.29) is 18.7 Å². The number of carbonyl (C=O) groups is 1. The van der Waals surface area contributed by atoms with Crippen molar-refractivity contribution in [2.75, 3.05) is 19.9 Å². The molecule has 1 N–H and O–H groups in total. The zero-order valence-electron chi connectivity index (χ0n) is 14.1. The van der Waals surface area contributed by atoms with Gasteiger partial charge in [0.2, 0.25) is 12.7 Å². The van der Waals surface area contributed by atoms with E-state index in [2.05, 4.69) is 5.32 Å². The van der Waals surface area contributed by atoms with Crippen LogP contribution in [0.1, 0.15) is 30.0 Å². The number of carbonyl (C=O) groups excluding carboxylic acids is 1. The number of fused-ring (bicyclic) bond motifs is 1. The summed E-state index contributed by atoms with van der Waals surface area (Å²) in [7, 11) is 0. The van der Waals surface area contributed by atoms with Crippen LogP contribution in [0.5, 0.6) is 11.5 Å². The molecule has 0 bridgehead atoms. The summed E-state index contributed by atoms with van der Waals surface area (Å²) in [4.78, 5) is 15.0. The van der Waals surface area contributed by atoms with Gasteiger partial charge in [-0.05, 0) is 24.5 Å². The van der Waals surface area contributed by atoms with Gasteiger partial charge in [0.25, 0.3) is 0 Å². The van der Waals surface area contributed by atoms with Gasteiger partial charge >= 0.3 is 0 Å². The van der Waals surface area contributed by atoms with Crippen LogP contribution in [-0.4, -0.2) is 30.7 Å². The first-order valence-electron chi connectivity index (χ1n) is 8.77. The summed E-state index contributed by atoms with van der Waals surface area (Å²) < 4.78 is 11.0. The molecule has 1 amide bonds. The maximum absolute atomic E-state index is 13.0. The van der Waals surface area contributed by atoms with Crippen LogP contribution in [0.2, 0.25) is 0 Å². The summed E-state index contributed by atoms with van der Waals surface area (Å²) in [5.41, 5.74) is 1.99. The quantitative estimate of drug-likeness (QED) is 0.911. The first kappa shape index (κ1) is 16.0. The molecule has 130 valence electrons. The highest BCUT2D eigenvalue weighted by Gasteiger charge is 2.28. The van der Waals surface area contributed by atoms with Crippen molar-refractivity contribution >= 4 is 5.91 Å². The summed E-state index contributed by atoms with van der Waals surface area (Å²) in [6, 6.07) is 15.4. The summed E-state index contributed by atoms with van der Waals surface area (Å²) in [5, 5.41) is 3.43. The molecule has 2 aromatic carbocycles. The zero-order chi connectivity index (χ0) is 17.1. The van der Waals surface area contributed by atoms with E-state index in [9.17, 15) is 4.79 Å². The van der Waals surface area contributed by atoms with Gasteiger partial charge in [-0.1, -0.05) is 42.5 Å². The largest absolute Gasteiger partial charge is 0.454 e. The lowest BCUT2D eigenvalue weighted by Gasteiger charge is -2.24. The molecule has 2 aromatic rings. The second-order valence-corrected chi connectivity index (χ2v) is 6.41. The normalized spacial score (nSPS) is 16.9. The number of ether oxygens (including phenoxy) is 2. The van der Waals surface area contributed by atoms with Crippen molar-refractivity contribution in [1.29, 1.82) is 0 Å². The lowest BCUT2D eigenvalue weighted by Crippen LogP contribution is -2.39. The fraction of sp³-hybridized carbons (Fsp3) is 0.350. The van der Waals surface area contributed by atoms with Gasteiger partial charge in [0, 0.05) is 25.2 Å². The van der Waals surface area contributed by atoms with Crippen LogP contribution < -0.4 is 14.8 Å². The first-order valence-corrected chi connectivity index (χ1v) is 8.77. The van der Waals surface area contributed by atoms with Crippen molar-refractivity contribution < 1.29 is 14.3 Å². The molecule has 0 aliphatic carbocycles. The van der Waals surface area contributed by atoms with Gasteiger partial charge < -0.3 is 14.4 Å². The maximum atomic E-state index is 13.0. The van der Waals surface area contributed by atoms with Crippen molar-refractivity contribution in [1.82, 2.24) is 10.2 Å². The highest BCUT2D eigenvalue weighted by molar-refractivity contribution is 5.83. The third-order valence-corrected chi connectivity index (χ3v) is 4.77. The molecule has 2 heterocycles. The molecule has 4 rings (SSSR count). The Hall–Kier alpha value is -2.53. The van der Waals surface area contributed by atoms with E-state index in [4.69, 9.17) is 9.47 Å². The van der Waals surface area contributed by atoms with E-state index in [1.54, 1.807) is 0 Å². The van der Waals surface area contributed by atoms with E-state index < -0.39 is 0 Å². The van der Waals surface area contributed by atoms with Gasteiger partial charge in [-0.15, -0.1) is 0 Å². The van der Waals surface area contributed by atoms with Gasteiger partial charge in [0.1, 0.15) is 6.04 Å². The number of rotatable bonds is 5. The van der Waals surface area contributed by atoms with E-state index in [0.29, 0.717) is 6.54 Å². The number of hydrogen-bond acceptors (Lipinski definition) is 4. The van der Waals surface area contributed by atoms with E-state index in [0.717, 1.165) is 48.6 Å². The molecule has 5 nitrogen and oxygen atoms in total. The van der Waals surface area contributed by atoms with E-state index in [1.165, 1.54) is 0 Å². The number of nitrogens with zero attached hydrogens (tertiary/aromatic N) is 1. The average Bonchev–Trinajstić information content (AvgIpc) is 3.34. The van der Waals surface area contributed by atoms with Crippen LogP contribution in [-0.2, 0) is 11.3 Å². The third kappa shape index (κ3) is 3.33.